The van der Waals surface area contributed by atoms with E-state index in [1.807, 2.05) is 6.07 Å². The molecule has 19 heavy (non-hydrogen) atoms. The Morgan fingerprint density at radius 1 is 0.842 bits per heavy atom. The summed E-state index contributed by atoms with van der Waals surface area (Å²) < 4.78 is 9.78. The van der Waals surface area contributed by atoms with Gasteiger partial charge < -0.3 is 9.47 Å². The molecule has 0 saturated heterocycles. The summed E-state index contributed by atoms with van der Waals surface area (Å²) in [7, 11) is 1.29. The molecule has 4 nitrogen and oxygen atoms in total. The van der Waals surface area contributed by atoms with E-state index in [9.17, 15) is 9.59 Å². The van der Waals surface area contributed by atoms with Crippen LogP contribution in [0.15, 0.2) is 54.6 Å². The molecule has 0 fully saturated rings. The van der Waals surface area contributed by atoms with Gasteiger partial charge in [0.15, 0.2) is 0 Å². The predicted molar refractivity (Wildman–Crippen MR) is 69.2 cm³/mol. The highest BCUT2D eigenvalue weighted by atomic mass is 16.5. The van der Waals surface area contributed by atoms with Crippen LogP contribution >= 0.6 is 0 Å². The van der Waals surface area contributed by atoms with Crippen molar-refractivity contribution < 1.29 is 19.1 Å². The van der Waals surface area contributed by atoms with Gasteiger partial charge in [-0.15, -0.1) is 0 Å². The monoisotopic (exact) mass is 256 g/mol. The van der Waals surface area contributed by atoms with Gasteiger partial charge in [0.25, 0.3) is 0 Å². The topological polar surface area (TPSA) is 52.6 Å². The average Bonchev–Trinajstić information content (AvgIpc) is 2.47. The lowest BCUT2D eigenvalue weighted by Gasteiger charge is -2.05. The molecule has 0 spiro atoms. The third-order valence-electron chi connectivity index (χ3n) is 2.47. The molecular formula is C15H12O4. The first-order valence-electron chi connectivity index (χ1n) is 5.66. The van der Waals surface area contributed by atoms with Gasteiger partial charge in [-0.05, 0) is 30.3 Å². The molecule has 96 valence electrons. The zero-order valence-electron chi connectivity index (χ0n) is 10.3. The lowest BCUT2D eigenvalue weighted by Crippen LogP contribution is -2.10. The fourth-order valence-electron chi connectivity index (χ4n) is 1.55. The normalized spacial score (nSPS) is 9.74. The number of ether oxygens (including phenoxy) is 2. The fraction of sp³-hybridized carbons (Fsp3) is 0.0667. The number of carbonyl (C=O) groups excluding carboxylic acids is 2. The standard InChI is InChI=1S/C15H12O4/c1-18-14(16)11-6-5-7-12(10-11)15(17)19-13-8-3-2-4-9-13/h2-10H,1H3. The van der Waals surface area contributed by atoms with Gasteiger partial charge in [0.1, 0.15) is 5.75 Å². The molecular weight excluding hydrogens is 244 g/mol. The Morgan fingerprint density at radius 3 is 2.11 bits per heavy atom. The third-order valence-corrected chi connectivity index (χ3v) is 2.47. The van der Waals surface area contributed by atoms with Crippen LogP contribution in [0.5, 0.6) is 5.75 Å². The van der Waals surface area contributed by atoms with Crippen molar-refractivity contribution in [3.8, 4) is 5.75 Å². The number of esters is 2. The first kappa shape index (κ1) is 12.8. The summed E-state index contributed by atoms with van der Waals surface area (Å²) in [6.07, 6.45) is 0. The molecule has 0 radical (unpaired) electrons. The largest absolute Gasteiger partial charge is 0.465 e. The van der Waals surface area contributed by atoms with Gasteiger partial charge in [-0.1, -0.05) is 24.3 Å². The fourth-order valence-corrected chi connectivity index (χ4v) is 1.55. The maximum Gasteiger partial charge on any atom is 0.343 e. The van der Waals surface area contributed by atoms with Crippen molar-refractivity contribution in [3.05, 3.63) is 65.7 Å². The molecule has 0 unspecified atom stereocenters. The van der Waals surface area contributed by atoms with E-state index in [0.717, 1.165) is 0 Å². The number of methoxy groups -OCH3 is 1. The molecule has 0 saturated carbocycles. The second-order valence-corrected chi connectivity index (χ2v) is 3.77. The second kappa shape index (κ2) is 5.82. The maximum atomic E-state index is 11.9. The lowest BCUT2D eigenvalue weighted by molar-refractivity contribution is 0.0600. The SMILES string of the molecule is COC(=O)c1cccc(C(=O)Oc2ccccc2)c1. The summed E-state index contributed by atoms with van der Waals surface area (Å²) in [5.74, 6) is -0.553. The van der Waals surface area contributed by atoms with Crippen LogP contribution < -0.4 is 4.74 Å². The number of benzene rings is 2. The minimum absolute atomic E-state index is 0.298. The highest BCUT2D eigenvalue weighted by Crippen LogP contribution is 2.13. The van der Waals surface area contributed by atoms with E-state index < -0.39 is 11.9 Å². The molecule has 0 atom stereocenters. The quantitative estimate of drug-likeness (QED) is 0.626. The minimum Gasteiger partial charge on any atom is -0.465 e. The van der Waals surface area contributed by atoms with Gasteiger partial charge in [0.05, 0.1) is 18.2 Å². The van der Waals surface area contributed by atoms with E-state index in [0.29, 0.717) is 16.9 Å². The number of para-hydroxylation sites is 1. The van der Waals surface area contributed by atoms with Crippen molar-refractivity contribution >= 4 is 11.9 Å². The molecule has 2 aromatic rings. The number of carbonyl (C=O) groups is 2. The smallest absolute Gasteiger partial charge is 0.343 e. The van der Waals surface area contributed by atoms with Crippen LogP contribution in [0, 0.1) is 0 Å². The van der Waals surface area contributed by atoms with E-state index in [2.05, 4.69) is 4.74 Å². The van der Waals surface area contributed by atoms with Crippen LogP contribution in [0.4, 0.5) is 0 Å². The molecule has 0 aliphatic rings. The van der Waals surface area contributed by atoms with E-state index in [4.69, 9.17) is 4.74 Å². The van der Waals surface area contributed by atoms with Crippen LogP contribution in [0.25, 0.3) is 0 Å². The van der Waals surface area contributed by atoms with Crippen molar-refractivity contribution in [2.45, 2.75) is 0 Å². The van der Waals surface area contributed by atoms with E-state index >= 15 is 0 Å². The molecule has 4 heteroatoms. The highest BCUT2D eigenvalue weighted by Gasteiger charge is 2.12. The summed E-state index contributed by atoms with van der Waals surface area (Å²) in [4.78, 5) is 23.3. The van der Waals surface area contributed by atoms with Crippen molar-refractivity contribution in [2.75, 3.05) is 7.11 Å². The first-order chi connectivity index (χ1) is 9.20. The van der Waals surface area contributed by atoms with E-state index in [-0.39, 0.29) is 0 Å². The van der Waals surface area contributed by atoms with Gasteiger partial charge in [-0.25, -0.2) is 9.59 Å². The Balaban J connectivity index is 2.18. The number of rotatable bonds is 3. The summed E-state index contributed by atoms with van der Waals surface area (Å²) in [5.41, 5.74) is 0.608. The highest BCUT2D eigenvalue weighted by molar-refractivity contribution is 5.96. The zero-order valence-corrected chi connectivity index (χ0v) is 10.3. The Kier molecular flexibility index (Phi) is 3.93. The van der Waals surface area contributed by atoms with Crippen molar-refractivity contribution in [1.82, 2.24) is 0 Å². The van der Waals surface area contributed by atoms with Gasteiger partial charge >= 0.3 is 11.9 Å². The van der Waals surface area contributed by atoms with Crippen molar-refractivity contribution in [1.29, 1.82) is 0 Å². The molecule has 0 aliphatic heterocycles. The predicted octanol–water partition coefficient (Wildman–Crippen LogP) is 2.69. The summed E-state index contributed by atoms with van der Waals surface area (Å²) in [6.45, 7) is 0. The second-order valence-electron chi connectivity index (χ2n) is 3.77. The summed E-state index contributed by atoms with van der Waals surface area (Å²) in [5, 5.41) is 0. The molecule has 0 amide bonds. The molecule has 0 bridgehead atoms. The minimum atomic E-state index is -0.517. The van der Waals surface area contributed by atoms with Crippen LogP contribution in [-0.4, -0.2) is 19.0 Å². The average molecular weight is 256 g/mol. The molecule has 0 heterocycles. The van der Waals surface area contributed by atoms with Gasteiger partial charge in [-0.3, -0.25) is 0 Å². The molecule has 2 rings (SSSR count). The Labute approximate surface area is 110 Å². The van der Waals surface area contributed by atoms with Gasteiger partial charge in [0, 0.05) is 0 Å². The molecule has 0 aliphatic carbocycles. The Bertz CT molecular complexity index is 590. The van der Waals surface area contributed by atoms with Crippen LogP contribution in [0.3, 0.4) is 0 Å². The summed E-state index contributed by atoms with van der Waals surface area (Å²) >= 11 is 0. The van der Waals surface area contributed by atoms with Gasteiger partial charge in [-0.2, -0.15) is 0 Å². The van der Waals surface area contributed by atoms with Crippen LogP contribution in [-0.2, 0) is 4.74 Å². The molecule has 2 aromatic carbocycles. The Hall–Kier alpha value is -2.62. The van der Waals surface area contributed by atoms with Crippen LogP contribution in [0.2, 0.25) is 0 Å². The zero-order chi connectivity index (χ0) is 13.7. The van der Waals surface area contributed by atoms with E-state index in [1.54, 1.807) is 42.5 Å². The molecule has 0 N–H and O–H groups in total. The van der Waals surface area contributed by atoms with Gasteiger partial charge in [0.2, 0.25) is 0 Å². The number of hydrogen-bond donors (Lipinski definition) is 0. The maximum absolute atomic E-state index is 11.9. The van der Waals surface area contributed by atoms with Crippen LogP contribution in [0.1, 0.15) is 20.7 Å². The lowest BCUT2D eigenvalue weighted by atomic mass is 10.1. The van der Waals surface area contributed by atoms with Crippen molar-refractivity contribution in [3.63, 3.8) is 0 Å². The van der Waals surface area contributed by atoms with E-state index in [1.165, 1.54) is 13.2 Å². The third kappa shape index (κ3) is 3.19. The Morgan fingerprint density at radius 2 is 1.47 bits per heavy atom. The number of hydrogen-bond acceptors (Lipinski definition) is 4. The first-order valence-corrected chi connectivity index (χ1v) is 5.66. The molecule has 0 aromatic heterocycles. The van der Waals surface area contributed by atoms with Crippen molar-refractivity contribution in [2.24, 2.45) is 0 Å². The summed E-state index contributed by atoms with van der Waals surface area (Å²) in [6, 6.07) is 14.9.